The summed E-state index contributed by atoms with van der Waals surface area (Å²) in [7, 11) is 3.18. The van der Waals surface area contributed by atoms with Crippen molar-refractivity contribution in [2.75, 3.05) is 56.3 Å². The van der Waals surface area contributed by atoms with E-state index in [1.54, 1.807) is 25.3 Å². The fraction of sp³-hybridized carbons (Fsp3) is 0.261. The predicted octanol–water partition coefficient (Wildman–Crippen LogP) is 3.10. The number of thiophene rings is 1. The Labute approximate surface area is 205 Å². The number of nitrogens with one attached hydrogen (secondary N) is 1. The number of ether oxygens (including phenoxy) is 2. The van der Waals surface area contributed by atoms with Crippen molar-refractivity contribution in [3.05, 3.63) is 41.2 Å². The van der Waals surface area contributed by atoms with Crippen LogP contribution in [0.3, 0.4) is 0 Å². The number of amides is 2. The van der Waals surface area contributed by atoms with Gasteiger partial charge in [0.05, 0.1) is 31.8 Å². The Morgan fingerprint density at radius 3 is 2.57 bits per heavy atom. The van der Waals surface area contributed by atoms with Crippen LogP contribution in [0.2, 0.25) is 0 Å². The highest BCUT2D eigenvalue weighted by molar-refractivity contribution is 7.08. The number of nitrogens with zero attached hydrogens (tertiary/aromatic N) is 6. The third kappa shape index (κ3) is 4.60. The first-order valence-corrected chi connectivity index (χ1v) is 11.9. The molecule has 0 unspecified atom stereocenters. The lowest BCUT2D eigenvalue weighted by Crippen LogP contribution is -2.50. The maximum Gasteiger partial charge on any atom is 0.321 e. The van der Waals surface area contributed by atoms with Gasteiger partial charge in [-0.25, -0.2) is 14.8 Å². The van der Waals surface area contributed by atoms with Crippen molar-refractivity contribution in [1.82, 2.24) is 24.8 Å². The van der Waals surface area contributed by atoms with Crippen molar-refractivity contribution >= 4 is 46.0 Å². The molecule has 0 spiro atoms. The molecular weight excluding hydrogens is 468 g/mol. The zero-order chi connectivity index (χ0) is 24.4. The minimum atomic E-state index is -0.120. The molecule has 1 aliphatic rings. The minimum absolute atomic E-state index is 0.120. The minimum Gasteiger partial charge on any atom is -0.493 e. The number of piperazine rings is 1. The van der Waals surface area contributed by atoms with Crippen molar-refractivity contribution in [1.29, 1.82) is 0 Å². The maximum atomic E-state index is 12.6. The lowest BCUT2D eigenvalue weighted by atomic mass is 10.1. The monoisotopic (exact) mass is 492 g/mol. The van der Waals surface area contributed by atoms with Crippen LogP contribution >= 0.6 is 11.3 Å². The van der Waals surface area contributed by atoms with Crippen molar-refractivity contribution < 1.29 is 14.3 Å². The normalized spacial score (nSPS) is 13.7. The van der Waals surface area contributed by atoms with Gasteiger partial charge in [0.1, 0.15) is 0 Å². The molecule has 35 heavy (non-hydrogen) atoms. The zero-order valence-corrected chi connectivity index (χ0v) is 20.1. The zero-order valence-electron chi connectivity index (χ0n) is 19.3. The Morgan fingerprint density at radius 2 is 1.86 bits per heavy atom. The Bertz CT molecular complexity index is 1360. The van der Waals surface area contributed by atoms with Crippen LogP contribution in [0.1, 0.15) is 0 Å². The molecule has 0 atom stereocenters. The van der Waals surface area contributed by atoms with Gasteiger partial charge in [-0.2, -0.15) is 21.3 Å². The van der Waals surface area contributed by atoms with Gasteiger partial charge in [0.25, 0.3) is 0 Å². The van der Waals surface area contributed by atoms with Gasteiger partial charge in [-0.3, -0.25) is 0 Å². The molecule has 0 radical (unpaired) electrons. The van der Waals surface area contributed by atoms with Crippen LogP contribution in [-0.4, -0.2) is 71.3 Å². The summed E-state index contributed by atoms with van der Waals surface area (Å²) in [6, 6.07) is 7.31. The van der Waals surface area contributed by atoms with Gasteiger partial charge < -0.3 is 30.3 Å². The summed E-state index contributed by atoms with van der Waals surface area (Å²) in [6.07, 6.45) is 1.65. The SMILES string of the molecule is COc1ccc(-c2cnc3nc(N)nc(N4CCN(C(=O)Nc5ccsc5)CC4)c3n2)cc1OC. The number of carbonyl (C=O) groups excluding carboxylic acids is 1. The molecule has 180 valence electrons. The second-order valence-corrected chi connectivity index (χ2v) is 8.60. The number of urea groups is 1. The van der Waals surface area contributed by atoms with E-state index in [0.717, 1.165) is 11.3 Å². The van der Waals surface area contributed by atoms with Gasteiger partial charge in [0.2, 0.25) is 5.95 Å². The number of benzene rings is 1. The van der Waals surface area contributed by atoms with Gasteiger partial charge in [-0.1, -0.05) is 0 Å². The first kappa shape index (κ1) is 22.6. The Hall–Kier alpha value is -4.19. The molecule has 5 rings (SSSR count). The summed E-state index contributed by atoms with van der Waals surface area (Å²) in [5, 5.41) is 6.75. The molecule has 4 aromatic rings. The van der Waals surface area contributed by atoms with Gasteiger partial charge in [0.15, 0.2) is 28.5 Å². The molecule has 4 heterocycles. The van der Waals surface area contributed by atoms with E-state index in [1.165, 1.54) is 11.3 Å². The molecule has 0 bridgehead atoms. The Morgan fingerprint density at radius 1 is 1.06 bits per heavy atom. The number of nitrogens with two attached hydrogens (primary N) is 1. The quantitative estimate of drug-likeness (QED) is 0.431. The fourth-order valence-electron chi connectivity index (χ4n) is 3.92. The van der Waals surface area contributed by atoms with E-state index in [1.807, 2.05) is 35.0 Å². The van der Waals surface area contributed by atoms with Gasteiger partial charge in [0, 0.05) is 37.1 Å². The predicted molar refractivity (Wildman–Crippen MR) is 135 cm³/mol. The highest BCUT2D eigenvalue weighted by Crippen LogP contribution is 2.32. The van der Waals surface area contributed by atoms with Crippen LogP contribution in [0.25, 0.3) is 22.4 Å². The standard InChI is InChI=1S/C23H24N8O3S/c1-33-17-4-3-14(11-18(17)34-2)16-12-25-20-19(27-16)21(29-22(24)28-20)30-6-8-31(9-7-30)23(32)26-15-5-10-35-13-15/h3-5,10-13H,6-9H2,1-2H3,(H,26,32)(H2,24,25,28,29). The summed E-state index contributed by atoms with van der Waals surface area (Å²) in [5.74, 6) is 1.94. The first-order chi connectivity index (χ1) is 17.1. The van der Waals surface area contributed by atoms with E-state index in [9.17, 15) is 4.79 Å². The molecule has 1 aliphatic heterocycles. The average Bonchev–Trinajstić information content (AvgIpc) is 3.40. The summed E-state index contributed by atoms with van der Waals surface area (Å²) < 4.78 is 10.8. The molecular formula is C23H24N8O3S. The van der Waals surface area contributed by atoms with Crippen LogP contribution in [-0.2, 0) is 0 Å². The van der Waals surface area contributed by atoms with Crippen molar-refractivity contribution in [3.8, 4) is 22.8 Å². The van der Waals surface area contributed by atoms with Gasteiger partial charge in [-0.15, -0.1) is 0 Å². The highest BCUT2D eigenvalue weighted by atomic mass is 32.1. The largest absolute Gasteiger partial charge is 0.493 e. The number of hydrogen-bond donors (Lipinski definition) is 2. The molecule has 1 saturated heterocycles. The smallest absolute Gasteiger partial charge is 0.321 e. The number of rotatable bonds is 5. The third-order valence-corrected chi connectivity index (χ3v) is 6.41. The number of anilines is 3. The average molecular weight is 493 g/mol. The number of fused-ring (bicyclic) bond motifs is 1. The van der Waals surface area contributed by atoms with Crippen LogP contribution in [0.4, 0.5) is 22.2 Å². The molecule has 2 amide bonds. The van der Waals surface area contributed by atoms with Crippen LogP contribution in [0.15, 0.2) is 41.2 Å². The summed E-state index contributed by atoms with van der Waals surface area (Å²) in [4.78, 5) is 34.5. The van der Waals surface area contributed by atoms with E-state index in [0.29, 0.717) is 60.4 Å². The molecule has 3 N–H and O–H groups in total. The summed E-state index contributed by atoms with van der Waals surface area (Å²) in [5.41, 5.74) is 9.19. The van der Waals surface area contributed by atoms with Crippen molar-refractivity contribution in [3.63, 3.8) is 0 Å². The Kier molecular flexibility index (Phi) is 6.19. The third-order valence-electron chi connectivity index (χ3n) is 5.72. The Balaban J connectivity index is 1.41. The van der Waals surface area contributed by atoms with E-state index < -0.39 is 0 Å². The van der Waals surface area contributed by atoms with Crippen molar-refractivity contribution in [2.24, 2.45) is 0 Å². The number of hydrogen-bond acceptors (Lipinski definition) is 10. The second kappa shape index (κ2) is 9.58. The van der Waals surface area contributed by atoms with Gasteiger partial charge in [-0.05, 0) is 29.6 Å². The second-order valence-electron chi connectivity index (χ2n) is 7.82. The molecule has 11 nitrogen and oxygen atoms in total. The van der Waals surface area contributed by atoms with Crippen LogP contribution in [0.5, 0.6) is 11.5 Å². The lowest BCUT2D eigenvalue weighted by Gasteiger charge is -2.35. The molecule has 12 heteroatoms. The van der Waals surface area contributed by atoms with E-state index in [-0.39, 0.29) is 12.0 Å². The topological polar surface area (TPSA) is 132 Å². The lowest BCUT2D eigenvalue weighted by molar-refractivity contribution is 0.208. The van der Waals surface area contributed by atoms with E-state index in [4.69, 9.17) is 20.2 Å². The van der Waals surface area contributed by atoms with Crippen LogP contribution < -0.4 is 25.4 Å². The molecule has 1 aromatic carbocycles. The van der Waals surface area contributed by atoms with Crippen LogP contribution in [0, 0.1) is 0 Å². The summed E-state index contributed by atoms with van der Waals surface area (Å²) in [6.45, 7) is 2.21. The fourth-order valence-corrected chi connectivity index (χ4v) is 4.51. The molecule has 3 aromatic heterocycles. The summed E-state index contributed by atoms with van der Waals surface area (Å²) >= 11 is 1.54. The van der Waals surface area contributed by atoms with E-state index in [2.05, 4.69) is 25.2 Å². The highest BCUT2D eigenvalue weighted by Gasteiger charge is 2.25. The van der Waals surface area contributed by atoms with Gasteiger partial charge >= 0.3 is 6.03 Å². The number of methoxy groups -OCH3 is 2. The van der Waals surface area contributed by atoms with Crippen molar-refractivity contribution in [2.45, 2.75) is 0 Å². The molecule has 1 fully saturated rings. The molecule has 0 saturated carbocycles. The maximum absolute atomic E-state index is 12.6. The number of carbonyl (C=O) groups is 1. The molecule has 0 aliphatic carbocycles. The number of nitrogen functional groups attached to an aromatic ring is 1. The van der Waals surface area contributed by atoms with E-state index >= 15 is 0 Å². The number of aromatic nitrogens is 4. The first-order valence-electron chi connectivity index (χ1n) is 10.9.